The highest BCUT2D eigenvalue weighted by Crippen LogP contribution is 2.36. The van der Waals surface area contributed by atoms with Crippen LogP contribution in [0.2, 0.25) is 0 Å². The first-order chi connectivity index (χ1) is 11.6. The summed E-state index contributed by atoms with van der Waals surface area (Å²) in [6.45, 7) is 5.37. The van der Waals surface area contributed by atoms with Crippen LogP contribution < -0.4 is 5.32 Å². The van der Waals surface area contributed by atoms with Crippen molar-refractivity contribution in [2.75, 3.05) is 18.5 Å². The Bertz CT molecular complexity index is 683. The summed E-state index contributed by atoms with van der Waals surface area (Å²) in [6, 6.07) is 2.29. The maximum absolute atomic E-state index is 9.74. The fourth-order valence-corrected chi connectivity index (χ4v) is 3.77. The second kappa shape index (κ2) is 7.80. The van der Waals surface area contributed by atoms with Crippen molar-refractivity contribution < 1.29 is 9.84 Å². The molecule has 0 spiro atoms. The molecule has 0 unspecified atom stereocenters. The number of ether oxygens (including phenoxy) is 1. The highest BCUT2D eigenvalue weighted by Gasteiger charge is 2.24. The normalized spacial score (nSPS) is 22.7. The summed E-state index contributed by atoms with van der Waals surface area (Å²) in [5.74, 6) is 1.03. The van der Waals surface area contributed by atoms with Gasteiger partial charge in [-0.05, 0) is 61.5 Å². The Labute approximate surface area is 150 Å². The van der Waals surface area contributed by atoms with Gasteiger partial charge in [-0.25, -0.2) is 9.50 Å². The fourth-order valence-electron chi connectivity index (χ4n) is 3.26. The molecule has 1 atom stereocenters. The number of hydrogen-bond donors (Lipinski definition) is 2. The molecule has 1 saturated carbocycles. The molecule has 24 heavy (non-hydrogen) atoms. The van der Waals surface area contributed by atoms with Crippen LogP contribution in [0.15, 0.2) is 16.7 Å². The second-order valence-corrected chi connectivity index (χ2v) is 7.36. The Morgan fingerprint density at radius 3 is 2.88 bits per heavy atom. The lowest BCUT2D eigenvalue weighted by Gasteiger charge is -2.25. The van der Waals surface area contributed by atoms with Crippen LogP contribution in [-0.2, 0) is 4.74 Å². The van der Waals surface area contributed by atoms with E-state index in [9.17, 15) is 5.11 Å². The molecule has 0 radical (unpaired) electrons. The van der Waals surface area contributed by atoms with Crippen LogP contribution in [0.4, 0.5) is 5.95 Å². The van der Waals surface area contributed by atoms with Gasteiger partial charge in [0.2, 0.25) is 5.95 Å². The topological polar surface area (TPSA) is 71.7 Å². The number of hydrogen-bond acceptors (Lipinski definition) is 5. The van der Waals surface area contributed by atoms with Gasteiger partial charge < -0.3 is 15.2 Å². The quantitative estimate of drug-likeness (QED) is 0.782. The predicted octanol–water partition coefficient (Wildman–Crippen LogP) is 3.35. The summed E-state index contributed by atoms with van der Waals surface area (Å²) in [5, 5.41) is 17.7. The van der Waals surface area contributed by atoms with Gasteiger partial charge in [-0.1, -0.05) is 0 Å². The van der Waals surface area contributed by atoms with Crippen molar-refractivity contribution in [2.45, 2.75) is 57.6 Å². The first-order valence-electron chi connectivity index (χ1n) is 8.65. The number of nitrogens with zero attached hydrogens (tertiary/aromatic N) is 3. The Balaban J connectivity index is 1.83. The monoisotopic (exact) mass is 396 g/mol. The molecule has 1 aliphatic carbocycles. The van der Waals surface area contributed by atoms with Crippen molar-refractivity contribution in [2.24, 2.45) is 0 Å². The molecular formula is C17H25BrN4O2. The van der Waals surface area contributed by atoms with Crippen molar-refractivity contribution in [3.8, 4) is 0 Å². The van der Waals surface area contributed by atoms with Crippen LogP contribution in [0.1, 0.15) is 51.1 Å². The number of anilines is 1. The van der Waals surface area contributed by atoms with E-state index in [-0.39, 0.29) is 12.1 Å². The Morgan fingerprint density at radius 1 is 1.42 bits per heavy atom. The molecule has 132 valence electrons. The number of fused-ring (bicyclic) bond motifs is 1. The maximum atomic E-state index is 9.74. The fraction of sp³-hybridized carbons (Fsp3) is 0.647. The van der Waals surface area contributed by atoms with Gasteiger partial charge in [0.1, 0.15) is 0 Å². The minimum absolute atomic E-state index is 0.148. The van der Waals surface area contributed by atoms with Crippen LogP contribution >= 0.6 is 15.9 Å². The highest BCUT2D eigenvalue weighted by molar-refractivity contribution is 9.10. The van der Waals surface area contributed by atoms with Crippen LogP contribution in [0.5, 0.6) is 0 Å². The Kier molecular flexibility index (Phi) is 5.73. The average molecular weight is 397 g/mol. The lowest BCUT2D eigenvalue weighted by Crippen LogP contribution is -2.24. The summed E-state index contributed by atoms with van der Waals surface area (Å²) in [7, 11) is 0. The van der Waals surface area contributed by atoms with Crippen molar-refractivity contribution in [3.05, 3.63) is 22.4 Å². The lowest BCUT2D eigenvalue weighted by molar-refractivity contribution is 0.121. The molecule has 7 heteroatoms. The predicted molar refractivity (Wildman–Crippen MR) is 97.5 cm³/mol. The van der Waals surface area contributed by atoms with Crippen molar-refractivity contribution in [1.29, 1.82) is 0 Å². The van der Waals surface area contributed by atoms with Gasteiger partial charge >= 0.3 is 0 Å². The van der Waals surface area contributed by atoms with E-state index < -0.39 is 0 Å². The number of rotatable bonds is 6. The van der Waals surface area contributed by atoms with E-state index in [1.165, 1.54) is 5.69 Å². The van der Waals surface area contributed by atoms with Gasteiger partial charge in [-0.15, -0.1) is 5.10 Å². The third-order valence-corrected chi connectivity index (χ3v) is 5.19. The Morgan fingerprint density at radius 2 is 2.17 bits per heavy atom. The zero-order chi connectivity index (χ0) is 17.1. The SMILES string of the molecule is CCOC[C@H](C)Nc1ncc2c(Br)cc(C3CCC(O)CC3)n2n1. The number of aliphatic hydroxyl groups is 1. The van der Waals surface area contributed by atoms with Gasteiger partial charge in [0, 0.05) is 28.7 Å². The highest BCUT2D eigenvalue weighted by atomic mass is 79.9. The minimum Gasteiger partial charge on any atom is -0.393 e. The molecule has 0 aromatic carbocycles. The largest absolute Gasteiger partial charge is 0.393 e. The first kappa shape index (κ1) is 17.6. The van der Waals surface area contributed by atoms with E-state index in [0.717, 1.165) is 35.7 Å². The smallest absolute Gasteiger partial charge is 0.241 e. The zero-order valence-corrected chi connectivity index (χ0v) is 15.8. The molecule has 0 saturated heterocycles. The molecule has 0 aliphatic heterocycles. The zero-order valence-electron chi connectivity index (χ0n) is 14.2. The molecule has 2 aromatic heterocycles. The first-order valence-corrected chi connectivity index (χ1v) is 9.44. The summed E-state index contributed by atoms with van der Waals surface area (Å²) in [5.41, 5.74) is 2.16. The molecule has 3 rings (SSSR count). The standard InChI is InChI=1S/C17H25BrN4O2/c1-3-24-10-11(2)20-17-19-9-16-14(18)8-15(22(16)21-17)12-4-6-13(23)7-5-12/h8-9,11-13,23H,3-7,10H2,1-2H3,(H,20,21)/t11-,12?,13?/m0/s1. The van der Waals surface area contributed by atoms with E-state index >= 15 is 0 Å². The molecule has 1 aliphatic rings. The molecule has 1 fully saturated rings. The van der Waals surface area contributed by atoms with Crippen LogP contribution in [0.3, 0.4) is 0 Å². The summed E-state index contributed by atoms with van der Waals surface area (Å²) in [4.78, 5) is 4.42. The molecule has 2 N–H and O–H groups in total. The Hall–Kier alpha value is -1.18. The molecule has 6 nitrogen and oxygen atoms in total. The van der Waals surface area contributed by atoms with Gasteiger partial charge in [-0.2, -0.15) is 0 Å². The van der Waals surface area contributed by atoms with Crippen LogP contribution in [0.25, 0.3) is 5.52 Å². The van der Waals surface area contributed by atoms with Crippen molar-refractivity contribution in [1.82, 2.24) is 14.6 Å². The summed E-state index contributed by atoms with van der Waals surface area (Å²) >= 11 is 3.62. The van der Waals surface area contributed by atoms with E-state index in [0.29, 0.717) is 25.1 Å². The summed E-state index contributed by atoms with van der Waals surface area (Å²) in [6.07, 6.45) is 5.39. The van der Waals surface area contributed by atoms with Gasteiger partial charge in [0.15, 0.2) is 0 Å². The van der Waals surface area contributed by atoms with Gasteiger partial charge in [-0.3, -0.25) is 0 Å². The maximum Gasteiger partial charge on any atom is 0.241 e. The second-order valence-electron chi connectivity index (χ2n) is 6.51. The van der Waals surface area contributed by atoms with Crippen LogP contribution in [-0.4, -0.2) is 45.1 Å². The number of aliphatic hydroxyl groups excluding tert-OH is 1. The third-order valence-electron chi connectivity index (χ3n) is 4.56. The number of aromatic nitrogens is 3. The molecular weight excluding hydrogens is 372 g/mol. The van der Waals surface area contributed by atoms with E-state index in [4.69, 9.17) is 4.74 Å². The molecule has 2 aromatic rings. The van der Waals surface area contributed by atoms with E-state index in [1.807, 2.05) is 17.6 Å². The molecule has 2 heterocycles. The average Bonchev–Trinajstić information content (AvgIpc) is 2.90. The minimum atomic E-state index is -0.151. The number of halogens is 1. The molecule has 0 bridgehead atoms. The summed E-state index contributed by atoms with van der Waals surface area (Å²) < 4.78 is 8.42. The van der Waals surface area contributed by atoms with E-state index in [1.54, 1.807) is 0 Å². The van der Waals surface area contributed by atoms with Crippen molar-refractivity contribution >= 4 is 27.4 Å². The number of nitrogens with one attached hydrogen (secondary N) is 1. The van der Waals surface area contributed by atoms with Gasteiger partial charge in [0.25, 0.3) is 0 Å². The third kappa shape index (κ3) is 3.90. The van der Waals surface area contributed by atoms with Crippen molar-refractivity contribution in [3.63, 3.8) is 0 Å². The van der Waals surface area contributed by atoms with E-state index in [2.05, 4.69) is 44.3 Å². The lowest BCUT2D eigenvalue weighted by atomic mass is 9.85. The molecule has 0 amide bonds. The van der Waals surface area contributed by atoms with Gasteiger partial charge in [0.05, 0.1) is 24.4 Å². The van der Waals surface area contributed by atoms with Crippen LogP contribution in [0, 0.1) is 0 Å².